The number of hydrogen-bond acceptors (Lipinski definition) is 5. The summed E-state index contributed by atoms with van der Waals surface area (Å²) in [5.41, 5.74) is 1.28. The van der Waals surface area contributed by atoms with E-state index in [1.165, 1.54) is 38.4 Å². The van der Waals surface area contributed by atoms with Crippen molar-refractivity contribution in [3.05, 3.63) is 29.8 Å². The van der Waals surface area contributed by atoms with Crippen LogP contribution in [0, 0.1) is 0 Å². The molecule has 1 aliphatic heterocycles. The zero-order valence-corrected chi connectivity index (χ0v) is 15.8. The molecule has 1 atom stereocenters. The summed E-state index contributed by atoms with van der Waals surface area (Å²) in [6, 6.07) is 8.68. The molecule has 1 saturated heterocycles. The van der Waals surface area contributed by atoms with Crippen LogP contribution < -0.4 is 10.1 Å². The zero-order chi connectivity index (χ0) is 18.8. The van der Waals surface area contributed by atoms with Crippen molar-refractivity contribution < 1.29 is 19.1 Å². The molecular weight excluding hydrogens is 332 g/mol. The van der Waals surface area contributed by atoms with Crippen LogP contribution in [0.2, 0.25) is 0 Å². The Bertz CT molecular complexity index is 585. The van der Waals surface area contributed by atoms with Crippen LogP contribution in [0.1, 0.15) is 51.1 Å². The van der Waals surface area contributed by atoms with Crippen molar-refractivity contribution in [1.29, 1.82) is 0 Å². The summed E-state index contributed by atoms with van der Waals surface area (Å²) in [6.07, 6.45) is 3.49. The fraction of sp³-hybridized carbons (Fsp3) is 0.600. The average Bonchev–Trinajstić information content (AvgIpc) is 3.15. The quantitative estimate of drug-likeness (QED) is 0.512. The van der Waals surface area contributed by atoms with Gasteiger partial charge in [0.15, 0.2) is 0 Å². The van der Waals surface area contributed by atoms with Crippen LogP contribution in [-0.2, 0) is 14.3 Å². The Balaban J connectivity index is 1.64. The van der Waals surface area contributed by atoms with Crippen molar-refractivity contribution in [3.8, 4) is 5.75 Å². The zero-order valence-electron chi connectivity index (χ0n) is 15.8. The molecule has 1 unspecified atom stereocenters. The van der Waals surface area contributed by atoms with Gasteiger partial charge in [-0.25, -0.2) is 0 Å². The second-order valence-corrected chi connectivity index (χ2v) is 6.63. The van der Waals surface area contributed by atoms with Crippen molar-refractivity contribution in [2.75, 3.05) is 32.8 Å². The average molecular weight is 362 g/mol. The first-order valence-electron chi connectivity index (χ1n) is 9.43. The molecule has 144 valence electrons. The maximum Gasteiger partial charge on any atom is 0.302 e. The van der Waals surface area contributed by atoms with Crippen LogP contribution in [0.25, 0.3) is 0 Å². The van der Waals surface area contributed by atoms with Crippen molar-refractivity contribution in [2.45, 2.75) is 45.6 Å². The SMILES string of the molecule is CC(=O)OCCC(=O)NCCCOc1cccc(C(C)N2CCCC2)c1. The maximum atomic E-state index is 11.6. The van der Waals surface area contributed by atoms with E-state index in [0.717, 1.165) is 12.2 Å². The lowest BCUT2D eigenvalue weighted by Crippen LogP contribution is -2.26. The van der Waals surface area contributed by atoms with Gasteiger partial charge in [-0.05, 0) is 57.0 Å². The standard InChI is InChI=1S/C20H30N2O4/c1-16(22-11-3-4-12-22)18-7-5-8-19(15-18)26-13-6-10-21-20(24)9-14-25-17(2)23/h5,7-8,15-16H,3-4,6,9-14H2,1-2H3,(H,21,24). The Hall–Kier alpha value is -2.08. The Morgan fingerprint density at radius 2 is 2.00 bits per heavy atom. The lowest BCUT2D eigenvalue weighted by Gasteiger charge is -2.24. The van der Waals surface area contributed by atoms with Gasteiger partial charge in [0, 0.05) is 19.5 Å². The van der Waals surface area contributed by atoms with E-state index in [1.54, 1.807) is 0 Å². The molecule has 0 aromatic heterocycles. The Morgan fingerprint density at radius 1 is 1.23 bits per heavy atom. The number of benzene rings is 1. The largest absolute Gasteiger partial charge is 0.494 e. The number of carbonyl (C=O) groups is 2. The summed E-state index contributed by atoms with van der Waals surface area (Å²) >= 11 is 0. The van der Waals surface area contributed by atoms with Crippen molar-refractivity contribution in [2.24, 2.45) is 0 Å². The monoisotopic (exact) mass is 362 g/mol. The van der Waals surface area contributed by atoms with E-state index in [9.17, 15) is 9.59 Å². The molecular formula is C20H30N2O4. The third kappa shape index (κ3) is 7.04. The van der Waals surface area contributed by atoms with Crippen molar-refractivity contribution in [1.82, 2.24) is 10.2 Å². The highest BCUT2D eigenvalue weighted by atomic mass is 16.5. The van der Waals surface area contributed by atoms with Gasteiger partial charge >= 0.3 is 5.97 Å². The molecule has 26 heavy (non-hydrogen) atoms. The third-order valence-corrected chi connectivity index (χ3v) is 4.58. The minimum atomic E-state index is -0.368. The summed E-state index contributed by atoms with van der Waals surface area (Å²) < 4.78 is 10.6. The van der Waals surface area contributed by atoms with Gasteiger partial charge in [-0.2, -0.15) is 0 Å². The molecule has 6 heteroatoms. The Morgan fingerprint density at radius 3 is 2.73 bits per heavy atom. The fourth-order valence-electron chi connectivity index (χ4n) is 3.07. The second kappa shape index (κ2) is 10.8. The summed E-state index contributed by atoms with van der Waals surface area (Å²) in [7, 11) is 0. The number of ether oxygens (including phenoxy) is 2. The smallest absolute Gasteiger partial charge is 0.302 e. The van der Waals surface area contributed by atoms with Gasteiger partial charge in [0.1, 0.15) is 12.4 Å². The normalized spacial score (nSPS) is 15.5. The van der Waals surface area contributed by atoms with Crippen LogP contribution in [-0.4, -0.2) is 49.6 Å². The molecule has 6 nitrogen and oxygen atoms in total. The molecule has 0 saturated carbocycles. The number of nitrogens with zero attached hydrogens (tertiary/aromatic N) is 1. The summed E-state index contributed by atoms with van der Waals surface area (Å²) in [4.78, 5) is 24.7. The van der Waals surface area contributed by atoms with E-state index < -0.39 is 0 Å². The lowest BCUT2D eigenvalue weighted by molar-refractivity contribution is -0.141. The van der Waals surface area contributed by atoms with E-state index in [4.69, 9.17) is 9.47 Å². The van der Waals surface area contributed by atoms with Gasteiger partial charge in [-0.3, -0.25) is 14.5 Å². The van der Waals surface area contributed by atoms with Gasteiger partial charge in [-0.15, -0.1) is 0 Å². The topological polar surface area (TPSA) is 67.9 Å². The minimum Gasteiger partial charge on any atom is -0.494 e. The fourth-order valence-corrected chi connectivity index (χ4v) is 3.07. The molecule has 1 amide bonds. The molecule has 1 heterocycles. The first-order valence-corrected chi connectivity index (χ1v) is 9.43. The lowest BCUT2D eigenvalue weighted by atomic mass is 10.1. The van der Waals surface area contributed by atoms with E-state index in [-0.39, 0.29) is 24.9 Å². The molecule has 0 bridgehead atoms. The predicted octanol–water partition coefficient (Wildman–Crippen LogP) is 2.68. The number of rotatable bonds is 10. The van der Waals surface area contributed by atoms with Gasteiger partial charge < -0.3 is 14.8 Å². The molecule has 1 aromatic rings. The van der Waals surface area contributed by atoms with Gasteiger partial charge in [0.2, 0.25) is 5.91 Å². The van der Waals surface area contributed by atoms with Crippen molar-refractivity contribution >= 4 is 11.9 Å². The van der Waals surface area contributed by atoms with Crippen LogP contribution >= 0.6 is 0 Å². The van der Waals surface area contributed by atoms with E-state index in [1.807, 2.05) is 12.1 Å². The van der Waals surface area contributed by atoms with Crippen LogP contribution in [0.4, 0.5) is 0 Å². The van der Waals surface area contributed by atoms with E-state index in [0.29, 0.717) is 19.2 Å². The number of hydrogen-bond donors (Lipinski definition) is 1. The minimum absolute atomic E-state index is 0.118. The summed E-state index contributed by atoms with van der Waals surface area (Å²) in [5, 5.41) is 2.79. The highest BCUT2D eigenvalue weighted by molar-refractivity contribution is 5.76. The highest BCUT2D eigenvalue weighted by Gasteiger charge is 2.19. The molecule has 1 aliphatic rings. The number of likely N-dealkylation sites (tertiary alicyclic amines) is 1. The molecule has 0 aliphatic carbocycles. The van der Waals surface area contributed by atoms with Gasteiger partial charge in [-0.1, -0.05) is 12.1 Å². The van der Waals surface area contributed by atoms with Crippen molar-refractivity contribution in [3.63, 3.8) is 0 Å². The first kappa shape index (κ1) is 20.2. The van der Waals surface area contributed by atoms with Gasteiger partial charge in [0.05, 0.1) is 13.0 Å². The molecule has 0 radical (unpaired) electrons. The first-order chi connectivity index (χ1) is 12.6. The Labute approximate surface area is 155 Å². The van der Waals surface area contributed by atoms with E-state index in [2.05, 4.69) is 29.3 Å². The van der Waals surface area contributed by atoms with Crippen LogP contribution in [0.15, 0.2) is 24.3 Å². The predicted molar refractivity (Wildman–Crippen MR) is 100 cm³/mol. The summed E-state index contributed by atoms with van der Waals surface area (Å²) in [5.74, 6) is 0.384. The van der Waals surface area contributed by atoms with E-state index >= 15 is 0 Å². The summed E-state index contributed by atoms with van der Waals surface area (Å²) in [6.45, 7) is 7.13. The molecule has 0 spiro atoms. The van der Waals surface area contributed by atoms with Crippen LogP contribution in [0.5, 0.6) is 5.75 Å². The van der Waals surface area contributed by atoms with Gasteiger partial charge in [0.25, 0.3) is 0 Å². The molecule has 1 N–H and O–H groups in total. The highest BCUT2D eigenvalue weighted by Crippen LogP contribution is 2.26. The molecule has 2 rings (SSSR count). The third-order valence-electron chi connectivity index (χ3n) is 4.58. The number of nitrogens with one attached hydrogen (secondary N) is 1. The molecule has 1 aromatic carbocycles. The second-order valence-electron chi connectivity index (χ2n) is 6.63. The number of amides is 1. The maximum absolute atomic E-state index is 11.6. The molecule has 1 fully saturated rings. The number of carbonyl (C=O) groups excluding carboxylic acids is 2. The number of esters is 1. The van der Waals surface area contributed by atoms with Crippen LogP contribution in [0.3, 0.4) is 0 Å². The Kier molecular flexibility index (Phi) is 8.41.